The Morgan fingerprint density at radius 3 is 2.27 bits per heavy atom. The van der Waals surface area contributed by atoms with E-state index in [2.05, 4.69) is 55.3 Å². The molecule has 0 amide bonds. The van der Waals surface area contributed by atoms with Crippen molar-refractivity contribution in [1.29, 1.82) is 0 Å². The van der Waals surface area contributed by atoms with Gasteiger partial charge in [0.25, 0.3) is 0 Å². The normalized spacial score (nSPS) is 14.6. The molecule has 2 aliphatic rings. The molecule has 0 aliphatic carbocycles. The third-order valence-corrected chi connectivity index (χ3v) is 5.87. The van der Waals surface area contributed by atoms with Gasteiger partial charge in [0.1, 0.15) is 18.1 Å². The highest BCUT2D eigenvalue weighted by molar-refractivity contribution is 5.61. The number of aliphatic hydroxyl groups is 1. The first-order valence-electron chi connectivity index (χ1n) is 13.9. The fourth-order valence-electron chi connectivity index (χ4n) is 4.08. The lowest BCUT2D eigenvalue weighted by molar-refractivity contribution is 0.195. The zero-order valence-electron chi connectivity index (χ0n) is 24.4. The number of piperidine rings is 1. The second-order valence-electron chi connectivity index (χ2n) is 9.67. The minimum atomic E-state index is 0. The zero-order chi connectivity index (χ0) is 27.5. The van der Waals surface area contributed by atoms with Gasteiger partial charge < -0.3 is 29.5 Å². The third-order valence-electron chi connectivity index (χ3n) is 5.87. The molecular formula is C31H54N2O4. The lowest BCUT2D eigenvalue weighted by Gasteiger charge is -2.31. The predicted molar refractivity (Wildman–Crippen MR) is 158 cm³/mol. The zero-order valence-corrected chi connectivity index (χ0v) is 24.4. The van der Waals surface area contributed by atoms with E-state index in [1.165, 1.54) is 18.4 Å². The Labute approximate surface area is 227 Å². The molecule has 212 valence electrons. The number of aliphatic hydroxyl groups excluding tert-OH is 1. The van der Waals surface area contributed by atoms with Crippen molar-refractivity contribution in [3.8, 4) is 11.5 Å². The van der Waals surface area contributed by atoms with Crippen LogP contribution in [0.1, 0.15) is 72.4 Å². The second-order valence-corrected chi connectivity index (χ2v) is 9.67. The summed E-state index contributed by atoms with van der Waals surface area (Å²) < 4.78 is 15.8. The first kappa shape index (κ1) is 32.7. The van der Waals surface area contributed by atoms with Gasteiger partial charge in [-0.3, -0.25) is 0 Å². The first-order valence-corrected chi connectivity index (χ1v) is 13.9. The van der Waals surface area contributed by atoms with Crippen LogP contribution in [0.4, 0.5) is 5.69 Å². The smallest absolute Gasteiger partial charge is 0.142 e. The SMILES string of the molecule is CC.CC(C)C.COCCCN1CCOc2ccc(CO)cc21.COc1ccc(C2CCNCC2)cc1.[HH]. The van der Waals surface area contributed by atoms with E-state index >= 15 is 0 Å². The average molecular weight is 519 g/mol. The number of hydrogen-bond donors (Lipinski definition) is 2. The molecule has 6 heteroatoms. The predicted octanol–water partition coefficient (Wildman–Crippen LogP) is 6.51. The Morgan fingerprint density at radius 1 is 1.05 bits per heavy atom. The van der Waals surface area contributed by atoms with Crippen LogP contribution in [0.3, 0.4) is 0 Å². The maximum atomic E-state index is 9.16. The molecule has 1 fully saturated rings. The summed E-state index contributed by atoms with van der Waals surface area (Å²) in [5.74, 6) is 3.43. The van der Waals surface area contributed by atoms with Crippen LogP contribution in [0.15, 0.2) is 42.5 Å². The largest absolute Gasteiger partial charge is 0.497 e. The fourth-order valence-corrected chi connectivity index (χ4v) is 4.08. The van der Waals surface area contributed by atoms with E-state index in [9.17, 15) is 0 Å². The Kier molecular flexibility index (Phi) is 17.5. The Balaban J connectivity index is 0.000000591. The molecule has 4 rings (SSSR count). The highest BCUT2D eigenvalue weighted by Gasteiger charge is 2.18. The van der Waals surface area contributed by atoms with Gasteiger partial charge in [-0.25, -0.2) is 0 Å². The van der Waals surface area contributed by atoms with Crippen LogP contribution in [0.25, 0.3) is 0 Å². The molecule has 1 saturated heterocycles. The average Bonchev–Trinajstić information content (AvgIpc) is 2.95. The van der Waals surface area contributed by atoms with Gasteiger partial charge in [-0.1, -0.05) is 52.8 Å². The van der Waals surface area contributed by atoms with Gasteiger partial charge >= 0.3 is 0 Å². The van der Waals surface area contributed by atoms with Crippen molar-refractivity contribution in [1.82, 2.24) is 5.32 Å². The molecule has 0 saturated carbocycles. The van der Waals surface area contributed by atoms with Crippen LogP contribution >= 0.6 is 0 Å². The molecule has 2 heterocycles. The summed E-state index contributed by atoms with van der Waals surface area (Å²) in [5, 5.41) is 12.5. The van der Waals surface area contributed by atoms with Crippen molar-refractivity contribution in [2.24, 2.45) is 5.92 Å². The number of rotatable bonds is 7. The van der Waals surface area contributed by atoms with Crippen molar-refractivity contribution in [2.45, 2.75) is 66.4 Å². The number of methoxy groups -OCH3 is 2. The summed E-state index contributed by atoms with van der Waals surface area (Å²) in [6, 6.07) is 14.3. The van der Waals surface area contributed by atoms with E-state index in [4.69, 9.17) is 19.3 Å². The van der Waals surface area contributed by atoms with Gasteiger partial charge in [0.2, 0.25) is 0 Å². The molecule has 0 bridgehead atoms. The van der Waals surface area contributed by atoms with Gasteiger partial charge in [0.05, 0.1) is 25.9 Å². The quantitative estimate of drug-likeness (QED) is 0.407. The molecule has 0 atom stereocenters. The van der Waals surface area contributed by atoms with Gasteiger partial charge in [-0.2, -0.15) is 0 Å². The standard InChI is InChI=1S/C13H19NO3.C12H17NO.C4H10.C2H6.H2/c1-16-7-2-5-14-6-8-17-13-4-3-11(10-15)9-12(13)14;1-14-12-4-2-10(3-5-12)11-6-8-13-9-7-11;1-4(2)3;1-2;/h3-4,9,15H,2,5-8,10H2,1H3;2-5,11,13H,6-9H2,1H3;4H,1-3H3;1-2H3;1H. The third kappa shape index (κ3) is 12.7. The van der Waals surface area contributed by atoms with Crippen LogP contribution in [0, 0.1) is 5.92 Å². The summed E-state index contributed by atoms with van der Waals surface area (Å²) >= 11 is 0. The van der Waals surface area contributed by atoms with Crippen LogP contribution in [-0.2, 0) is 11.3 Å². The molecule has 2 aliphatic heterocycles. The lowest BCUT2D eigenvalue weighted by atomic mass is 9.90. The monoisotopic (exact) mass is 518 g/mol. The number of hydrogen-bond acceptors (Lipinski definition) is 6. The van der Waals surface area contributed by atoms with E-state index in [0.717, 1.165) is 80.4 Å². The molecule has 0 radical (unpaired) electrons. The molecule has 0 aromatic heterocycles. The first-order chi connectivity index (χ1) is 18.0. The van der Waals surface area contributed by atoms with Crippen molar-refractivity contribution in [2.75, 3.05) is 58.5 Å². The molecule has 2 aromatic carbocycles. The van der Waals surface area contributed by atoms with Crippen molar-refractivity contribution in [3.63, 3.8) is 0 Å². The molecule has 37 heavy (non-hydrogen) atoms. The van der Waals surface area contributed by atoms with E-state index in [0.29, 0.717) is 0 Å². The van der Waals surface area contributed by atoms with Crippen LogP contribution in [-0.4, -0.2) is 58.7 Å². The summed E-state index contributed by atoms with van der Waals surface area (Å²) in [4.78, 5) is 2.29. The van der Waals surface area contributed by atoms with E-state index < -0.39 is 0 Å². The van der Waals surface area contributed by atoms with Gasteiger partial charge in [-0.15, -0.1) is 0 Å². The summed E-state index contributed by atoms with van der Waals surface area (Å²) in [6.07, 6.45) is 3.51. The van der Waals surface area contributed by atoms with Crippen molar-refractivity contribution in [3.05, 3.63) is 53.6 Å². The van der Waals surface area contributed by atoms with Crippen molar-refractivity contribution >= 4 is 5.69 Å². The van der Waals surface area contributed by atoms with Crippen LogP contribution < -0.4 is 19.7 Å². The number of nitrogens with one attached hydrogen (secondary N) is 1. The highest BCUT2D eigenvalue weighted by Crippen LogP contribution is 2.32. The summed E-state index contributed by atoms with van der Waals surface area (Å²) in [5.41, 5.74) is 3.46. The molecule has 6 nitrogen and oxygen atoms in total. The Bertz CT molecular complexity index is 824. The van der Waals surface area contributed by atoms with Gasteiger partial charge in [-0.05, 0) is 79.6 Å². The van der Waals surface area contributed by atoms with Crippen molar-refractivity contribution < 1.29 is 20.7 Å². The number of fused-ring (bicyclic) bond motifs is 1. The van der Waals surface area contributed by atoms with Gasteiger partial charge in [0.15, 0.2) is 0 Å². The van der Waals surface area contributed by atoms with E-state index in [1.807, 2.05) is 32.0 Å². The lowest BCUT2D eigenvalue weighted by Crippen LogP contribution is -2.34. The van der Waals surface area contributed by atoms with Crippen LogP contribution in [0.5, 0.6) is 11.5 Å². The minimum absolute atomic E-state index is 0. The van der Waals surface area contributed by atoms with E-state index in [1.54, 1.807) is 14.2 Å². The minimum Gasteiger partial charge on any atom is -0.497 e. The molecular weight excluding hydrogens is 464 g/mol. The topological polar surface area (TPSA) is 63.2 Å². The molecule has 2 N–H and O–H groups in total. The molecule has 0 spiro atoms. The van der Waals surface area contributed by atoms with E-state index in [-0.39, 0.29) is 8.03 Å². The fraction of sp³-hybridized carbons (Fsp3) is 0.613. The molecule has 2 aromatic rings. The molecule has 0 unspecified atom stereocenters. The van der Waals surface area contributed by atoms with Gasteiger partial charge in [0, 0.05) is 21.7 Å². The maximum Gasteiger partial charge on any atom is 0.142 e. The Morgan fingerprint density at radius 2 is 1.70 bits per heavy atom. The summed E-state index contributed by atoms with van der Waals surface area (Å²) in [6.45, 7) is 16.2. The Hall–Kier alpha value is -2.28. The summed E-state index contributed by atoms with van der Waals surface area (Å²) in [7, 11) is 3.43. The maximum absolute atomic E-state index is 9.16. The number of benzene rings is 2. The number of anilines is 1. The second kappa shape index (κ2) is 19.8. The highest BCUT2D eigenvalue weighted by atomic mass is 16.5. The van der Waals surface area contributed by atoms with Crippen LogP contribution in [0.2, 0.25) is 0 Å². The number of ether oxygens (including phenoxy) is 3. The number of nitrogens with zero attached hydrogens (tertiary/aromatic N) is 1.